The van der Waals surface area contributed by atoms with Crippen molar-refractivity contribution in [3.05, 3.63) is 60.3 Å². The number of carbonyl (C=O) groups is 2. The van der Waals surface area contributed by atoms with Crippen molar-refractivity contribution in [1.29, 1.82) is 0 Å². The van der Waals surface area contributed by atoms with Crippen molar-refractivity contribution in [2.45, 2.75) is 0 Å². The lowest BCUT2D eigenvalue weighted by Gasteiger charge is -2.11. The van der Waals surface area contributed by atoms with Crippen LogP contribution in [0.15, 0.2) is 49.1 Å². The molecular formula is C17H15N5O4. The van der Waals surface area contributed by atoms with Crippen LogP contribution < -0.4 is 10.1 Å². The Morgan fingerprint density at radius 2 is 1.96 bits per heavy atom. The molecule has 1 N–H and O–H groups in total. The zero-order valence-corrected chi connectivity index (χ0v) is 14.0. The molecule has 9 nitrogen and oxygen atoms in total. The Morgan fingerprint density at radius 3 is 2.58 bits per heavy atom. The van der Waals surface area contributed by atoms with E-state index < -0.39 is 11.9 Å². The van der Waals surface area contributed by atoms with Crippen molar-refractivity contribution >= 4 is 17.6 Å². The van der Waals surface area contributed by atoms with E-state index in [1.165, 1.54) is 26.4 Å². The number of nitrogens with one attached hydrogen (secondary N) is 1. The number of amides is 1. The summed E-state index contributed by atoms with van der Waals surface area (Å²) in [7, 11) is 2.74. The highest BCUT2D eigenvalue weighted by Gasteiger charge is 2.17. The standard InChI is InChI=1S/C17H15N5O4/c1-25-11-3-4-13(12(9-11)17(24)26-2)19-16(23)14-5-6-15(21-20-14)22-8-7-18-10-22/h3-10H,1-2H3,(H,19,23). The first-order chi connectivity index (χ1) is 12.6. The third-order valence-corrected chi connectivity index (χ3v) is 3.53. The van der Waals surface area contributed by atoms with E-state index in [1.54, 1.807) is 41.5 Å². The van der Waals surface area contributed by atoms with E-state index in [0.717, 1.165) is 0 Å². The third kappa shape index (κ3) is 3.51. The van der Waals surface area contributed by atoms with Gasteiger partial charge in [-0.25, -0.2) is 9.78 Å². The number of aromatic nitrogens is 4. The first kappa shape index (κ1) is 17.1. The highest BCUT2D eigenvalue weighted by atomic mass is 16.5. The summed E-state index contributed by atoms with van der Waals surface area (Å²) in [5.41, 5.74) is 0.548. The van der Waals surface area contributed by atoms with E-state index in [0.29, 0.717) is 11.6 Å². The Hall–Kier alpha value is -3.75. The van der Waals surface area contributed by atoms with Crippen LogP contribution in [0.1, 0.15) is 20.8 Å². The van der Waals surface area contributed by atoms with Gasteiger partial charge in [0.05, 0.1) is 25.5 Å². The molecule has 1 aromatic carbocycles. The van der Waals surface area contributed by atoms with Crippen LogP contribution in [0.25, 0.3) is 5.82 Å². The number of ether oxygens (including phenoxy) is 2. The number of methoxy groups -OCH3 is 2. The minimum atomic E-state index is -0.597. The SMILES string of the molecule is COC(=O)c1cc(OC)ccc1NC(=O)c1ccc(-n2ccnc2)nn1. The minimum Gasteiger partial charge on any atom is -0.497 e. The number of benzene rings is 1. The number of esters is 1. The van der Waals surface area contributed by atoms with Crippen molar-refractivity contribution in [3.8, 4) is 11.6 Å². The van der Waals surface area contributed by atoms with Crippen LogP contribution in [0.3, 0.4) is 0 Å². The molecule has 0 aliphatic heterocycles. The molecule has 0 saturated carbocycles. The van der Waals surface area contributed by atoms with Gasteiger partial charge in [0.1, 0.15) is 12.1 Å². The number of carbonyl (C=O) groups excluding carboxylic acids is 2. The maximum atomic E-state index is 12.4. The molecule has 0 aliphatic carbocycles. The van der Waals surface area contributed by atoms with Gasteiger partial charge in [-0.1, -0.05) is 0 Å². The normalized spacial score (nSPS) is 10.2. The van der Waals surface area contributed by atoms with Crippen molar-refractivity contribution in [1.82, 2.24) is 19.7 Å². The van der Waals surface area contributed by atoms with E-state index in [9.17, 15) is 9.59 Å². The van der Waals surface area contributed by atoms with Gasteiger partial charge < -0.3 is 14.8 Å². The molecule has 26 heavy (non-hydrogen) atoms. The van der Waals surface area contributed by atoms with E-state index in [2.05, 4.69) is 20.5 Å². The summed E-state index contributed by atoms with van der Waals surface area (Å²) in [6.45, 7) is 0. The van der Waals surface area contributed by atoms with Crippen molar-refractivity contribution in [3.63, 3.8) is 0 Å². The van der Waals surface area contributed by atoms with E-state index in [1.807, 2.05) is 0 Å². The monoisotopic (exact) mass is 353 g/mol. The Morgan fingerprint density at radius 1 is 1.12 bits per heavy atom. The fourth-order valence-corrected chi connectivity index (χ4v) is 2.20. The molecule has 9 heteroatoms. The smallest absolute Gasteiger partial charge is 0.340 e. The van der Waals surface area contributed by atoms with Gasteiger partial charge in [0.2, 0.25) is 0 Å². The molecule has 1 amide bonds. The number of anilines is 1. The number of nitrogens with zero attached hydrogens (tertiary/aromatic N) is 4. The first-order valence-corrected chi connectivity index (χ1v) is 7.52. The number of imidazole rings is 1. The van der Waals surface area contributed by atoms with E-state index in [-0.39, 0.29) is 16.9 Å². The molecule has 2 aromatic heterocycles. The molecule has 2 heterocycles. The van der Waals surface area contributed by atoms with Crippen molar-refractivity contribution in [2.75, 3.05) is 19.5 Å². The third-order valence-electron chi connectivity index (χ3n) is 3.53. The molecule has 0 fully saturated rings. The van der Waals surface area contributed by atoms with Crippen LogP contribution in [0.4, 0.5) is 5.69 Å². The van der Waals surface area contributed by atoms with Crippen molar-refractivity contribution in [2.24, 2.45) is 0 Å². The zero-order valence-electron chi connectivity index (χ0n) is 14.0. The second-order valence-electron chi connectivity index (χ2n) is 5.10. The van der Waals surface area contributed by atoms with Gasteiger partial charge >= 0.3 is 5.97 Å². The second-order valence-corrected chi connectivity index (χ2v) is 5.10. The van der Waals surface area contributed by atoms with Gasteiger partial charge in [-0.2, -0.15) is 0 Å². The molecule has 0 aliphatic rings. The van der Waals surface area contributed by atoms with Gasteiger partial charge in [-0.15, -0.1) is 10.2 Å². The zero-order chi connectivity index (χ0) is 18.5. The summed E-state index contributed by atoms with van der Waals surface area (Å²) in [5, 5.41) is 10.5. The average Bonchev–Trinajstić information content (AvgIpc) is 3.22. The highest BCUT2D eigenvalue weighted by Crippen LogP contribution is 2.23. The first-order valence-electron chi connectivity index (χ1n) is 7.52. The van der Waals surface area contributed by atoms with Gasteiger partial charge in [0.25, 0.3) is 5.91 Å². The lowest BCUT2D eigenvalue weighted by molar-refractivity contribution is 0.0601. The molecule has 0 saturated heterocycles. The molecule has 0 radical (unpaired) electrons. The largest absolute Gasteiger partial charge is 0.497 e. The lowest BCUT2D eigenvalue weighted by atomic mass is 10.1. The predicted octanol–water partition coefficient (Wildman–Crippen LogP) is 1.71. The Balaban J connectivity index is 1.82. The van der Waals surface area contributed by atoms with Gasteiger partial charge in [-0.05, 0) is 30.3 Å². The molecule has 0 unspecified atom stereocenters. The maximum Gasteiger partial charge on any atom is 0.340 e. The topological polar surface area (TPSA) is 108 Å². The molecule has 0 bridgehead atoms. The Kier molecular flexibility index (Phi) is 4.88. The summed E-state index contributed by atoms with van der Waals surface area (Å²) in [6.07, 6.45) is 4.90. The fourth-order valence-electron chi connectivity index (χ4n) is 2.20. The summed E-state index contributed by atoms with van der Waals surface area (Å²) in [6, 6.07) is 7.82. The molecule has 132 valence electrons. The van der Waals surface area contributed by atoms with Gasteiger partial charge in [0, 0.05) is 12.4 Å². The van der Waals surface area contributed by atoms with Crippen LogP contribution in [0.2, 0.25) is 0 Å². The summed E-state index contributed by atoms with van der Waals surface area (Å²) in [4.78, 5) is 28.3. The second kappa shape index (κ2) is 7.43. The number of rotatable bonds is 5. The summed E-state index contributed by atoms with van der Waals surface area (Å²) >= 11 is 0. The van der Waals surface area contributed by atoms with Gasteiger partial charge in [-0.3, -0.25) is 9.36 Å². The molecule has 3 aromatic rings. The average molecular weight is 353 g/mol. The predicted molar refractivity (Wildman–Crippen MR) is 91.4 cm³/mol. The van der Waals surface area contributed by atoms with Crippen LogP contribution in [0, 0.1) is 0 Å². The minimum absolute atomic E-state index is 0.0977. The van der Waals surface area contributed by atoms with Crippen LogP contribution in [-0.2, 0) is 4.74 Å². The molecule has 0 spiro atoms. The lowest BCUT2D eigenvalue weighted by Crippen LogP contribution is -2.17. The number of hydrogen-bond acceptors (Lipinski definition) is 7. The van der Waals surface area contributed by atoms with Crippen molar-refractivity contribution < 1.29 is 19.1 Å². The summed E-state index contributed by atoms with van der Waals surface area (Å²) in [5.74, 6) is -0.114. The molecule has 3 rings (SSSR count). The van der Waals surface area contributed by atoms with E-state index in [4.69, 9.17) is 9.47 Å². The quantitative estimate of drug-likeness (QED) is 0.696. The maximum absolute atomic E-state index is 12.4. The van der Waals surface area contributed by atoms with Crippen LogP contribution in [0.5, 0.6) is 5.75 Å². The fraction of sp³-hybridized carbons (Fsp3) is 0.118. The van der Waals surface area contributed by atoms with Crippen LogP contribution in [-0.4, -0.2) is 45.8 Å². The Bertz CT molecular complexity index is 923. The number of hydrogen-bond donors (Lipinski definition) is 1. The Labute approximate surface area is 148 Å². The van der Waals surface area contributed by atoms with Crippen LogP contribution >= 0.6 is 0 Å². The van der Waals surface area contributed by atoms with E-state index >= 15 is 0 Å². The summed E-state index contributed by atoms with van der Waals surface area (Å²) < 4.78 is 11.5. The highest BCUT2D eigenvalue weighted by molar-refractivity contribution is 6.07. The molecular weight excluding hydrogens is 338 g/mol. The van der Waals surface area contributed by atoms with Gasteiger partial charge in [0.15, 0.2) is 11.5 Å². The molecule has 0 atom stereocenters.